The van der Waals surface area contributed by atoms with Gasteiger partial charge in [-0.25, -0.2) is 4.98 Å². The Morgan fingerprint density at radius 1 is 1.15 bits per heavy atom. The molecular formula is C12H10N2O5S. The van der Waals surface area contributed by atoms with Crippen molar-refractivity contribution < 1.29 is 17.5 Å². The van der Waals surface area contributed by atoms with E-state index in [-0.39, 0.29) is 6.61 Å². The first-order chi connectivity index (χ1) is 9.50. The fourth-order valence-corrected chi connectivity index (χ4v) is 2.48. The lowest BCUT2D eigenvalue weighted by molar-refractivity contribution is -0.388. The maximum Gasteiger partial charge on any atom is 0.322 e. The van der Waals surface area contributed by atoms with E-state index in [1.807, 2.05) is 0 Å². The minimum Gasteiger partial charge on any atom is -0.260 e. The predicted octanol–water partition coefficient (Wildman–Crippen LogP) is 1.90. The van der Waals surface area contributed by atoms with Crippen molar-refractivity contribution in [3.05, 3.63) is 64.3 Å². The van der Waals surface area contributed by atoms with Crippen molar-refractivity contribution in [1.29, 1.82) is 0 Å². The largest absolute Gasteiger partial charge is 0.322 e. The first-order valence-corrected chi connectivity index (χ1v) is 6.94. The van der Waals surface area contributed by atoms with Crippen LogP contribution in [0, 0.1) is 10.1 Å². The van der Waals surface area contributed by atoms with Crippen LogP contribution in [0.15, 0.2) is 53.7 Å². The smallest absolute Gasteiger partial charge is 0.260 e. The Labute approximate surface area is 115 Å². The van der Waals surface area contributed by atoms with Gasteiger partial charge in [0.2, 0.25) is 0 Å². The number of nitrogens with zero attached hydrogens (tertiary/aromatic N) is 2. The second-order valence-corrected chi connectivity index (χ2v) is 5.32. The van der Waals surface area contributed by atoms with Gasteiger partial charge in [-0.15, -0.1) is 0 Å². The zero-order valence-electron chi connectivity index (χ0n) is 10.2. The minimum atomic E-state index is -4.29. The SMILES string of the molecule is O=[N+]([O-])c1cccnc1S(=O)(=O)OCc1ccccc1. The molecule has 0 aliphatic carbocycles. The molecule has 0 saturated carbocycles. The summed E-state index contributed by atoms with van der Waals surface area (Å²) in [4.78, 5) is 13.5. The van der Waals surface area contributed by atoms with Crippen molar-refractivity contribution in [1.82, 2.24) is 4.98 Å². The summed E-state index contributed by atoms with van der Waals surface area (Å²) in [6.45, 7) is -0.211. The molecule has 2 rings (SSSR count). The summed E-state index contributed by atoms with van der Waals surface area (Å²) < 4.78 is 28.7. The Morgan fingerprint density at radius 2 is 1.85 bits per heavy atom. The van der Waals surface area contributed by atoms with Gasteiger partial charge in [0.1, 0.15) is 0 Å². The maximum absolute atomic E-state index is 11.9. The Hall–Kier alpha value is -2.32. The third kappa shape index (κ3) is 3.16. The summed E-state index contributed by atoms with van der Waals surface area (Å²) in [7, 11) is -4.29. The van der Waals surface area contributed by atoms with Gasteiger partial charge in [-0.3, -0.25) is 14.3 Å². The van der Waals surface area contributed by atoms with Gasteiger partial charge in [0.05, 0.1) is 11.5 Å². The molecule has 0 saturated heterocycles. The first-order valence-electron chi connectivity index (χ1n) is 5.53. The van der Waals surface area contributed by atoms with Crippen molar-refractivity contribution >= 4 is 15.8 Å². The standard InChI is InChI=1S/C12H10N2O5S/c15-14(16)11-7-4-8-13-12(11)20(17,18)19-9-10-5-2-1-3-6-10/h1-8H,9H2. The van der Waals surface area contributed by atoms with Gasteiger partial charge in [0, 0.05) is 12.3 Å². The Bertz CT molecular complexity index is 716. The van der Waals surface area contributed by atoms with Crippen LogP contribution >= 0.6 is 0 Å². The highest BCUT2D eigenvalue weighted by molar-refractivity contribution is 7.86. The van der Waals surface area contributed by atoms with Gasteiger partial charge in [0.25, 0.3) is 5.03 Å². The van der Waals surface area contributed by atoms with E-state index in [9.17, 15) is 18.5 Å². The van der Waals surface area contributed by atoms with Crippen LogP contribution in [0.1, 0.15) is 5.56 Å². The van der Waals surface area contributed by atoms with Gasteiger partial charge in [0.15, 0.2) is 0 Å². The van der Waals surface area contributed by atoms with Crippen LogP contribution in [0.25, 0.3) is 0 Å². The highest BCUT2D eigenvalue weighted by Gasteiger charge is 2.28. The quantitative estimate of drug-likeness (QED) is 0.474. The van der Waals surface area contributed by atoms with Crippen LogP contribution in [0.4, 0.5) is 5.69 Å². The van der Waals surface area contributed by atoms with E-state index in [0.29, 0.717) is 5.56 Å². The lowest BCUT2D eigenvalue weighted by Gasteiger charge is -2.05. The van der Waals surface area contributed by atoms with Crippen LogP contribution < -0.4 is 0 Å². The normalized spacial score (nSPS) is 11.2. The Kier molecular flexibility index (Phi) is 4.06. The molecule has 0 aliphatic heterocycles. The van der Waals surface area contributed by atoms with E-state index in [0.717, 1.165) is 12.3 Å². The number of benzene rings is 1. The second-order valence-electron chi connectivity index (χ2n) is 3.79. The highest BCUT2D eigenvalue weighted by atomic mass is 32.2. The van der Waals surface area contributed by atoms with Crippen molar-refractivity contribution in [2.24, 2.45) is 0 Å². The van der Waals surface area contributed by atoms with Crippen molar-refractivity contribution in [3.63, 3.8) is 0 Å². The number of rotatable bonds is 5. The highest BCUT2D eigenvalue weighted by Crippen LogP contribution is 2.22. The maximum atomic E-state index is 11.9. The average molecular weight is 294 g/mol. The molecule has 20 heavy (non-hydrogen) atoms. The molecule has 0 amide bonds. The molecule has 2 aromatic rings. The molecule has 0 N–H and O–H groups in total. The summed E-state index contributed by atoms with van der Waals surface area (Å²) in [6.07, 6.45) is 1.16. The molecule has 104 valence electrons. The minimum absolute atomic E-state index is 0.211. The van der Waals surface area contributed by atoms with E-state index in [4.69, 9.17) is 4.18 Å². The van der Waals surface area contributed by atoms with Crippen LogP contribution in [-0.2, 0) is 20.9 Å². The van der Waals surface area contributed by atoms with Crippen molar-refractivity contribution in [2.75, 3.05) is 0 Å². The second kappa shape index (κ2) is 5.76. The van der Waals surface area contributed by atoms with Gasteiger partial charge in [-0.05, 0) is 11.6 Å². The summed E-state index contributed by atoms with van der Waals surface area (Å²) in [5.41, 5.74) is 0.0234. The molecule has 0 radical (unpaired) electrons. The molecule has 0 fully saturated rings. The fraction of sp³-hybridized carbons (Fsp3) is 0.0833. The molecule has 0 aliphatic rings. The Balaban J connectivity index is 2.25. The summed E-state index contributed by atoms with van der Waals surface area (Å²) >= 11 is 0. The van der Waals surface area contributed by atoms with E-state index in [1.54, 1.807) is 30.3 Å². The third-order valence-corrected chi connectivity index (χ3v) is 3.62. The monoisotopic (exact) mass is 294 g/mol. The van der Waals surface area contributed by atoms with Crippen molar-refractivity contribution in [3.8, 4) is 0 Å². The molecule has 7 nitrogen and oxygen atoms in total. The lowest BCUT2D eigenvalue weighted by atomic mass is 10.2. The molecule has 0 spiro atoms. The first kappa shape index (κ1) is 14.1. The average Bonchev–Trinajstić information content (AvgIpc) is 2.46. The number of aromatic nitrogens is 1. The predicted molar refractivity (Wildman–Crippen MR) is 69.3 cm³/mol. The topological polar surface area (TPSA) is 99.4 Å². The molecule has 1 aromatic heterocycles. The van der Waals surface area contributed by atoms with Gasteiger partial charge < -0.3 is 0 Å². The van der Waals surface area contributed by atoms with E-state index < -0.39 is 25.8 Å². The fourth-order valence-electron chi connectivity index (χ4n) is 1.49. The van der Waals surface area contributed by atoms with Crippen LogP contribution in [-0.4, -0.2) is 18.3 Å². The van der Waals surface area contributed by atoms with E-state index in [1.165, 1.54) is 6.07 Å². The zero-order chi connectivity index (χ0) is 14.6. The molecule has 0 atom stereocenters. The Morgan fingerprint density at radius 3 is 2.50 bits per heavy atom. The van der Waals surface area contributed by atoms with Crippen LogP contribution in [0.5, 0.6) is 0 Å². The van der Waals surface area contributed by atoms with Gasteiger partial charge in [-0.2, -0.15) is 8.42 Å². The number of nitro groups is 1. The lowest BCUT2D eigenvalue weighted by Crippen LogP contribution is -2.11. The number of pyridine rings is 1. The summed E-state index contributed by atoms with van der Waals surface area (Å²) in [6, 6.07) is 11.0. The van der Waals surface area contributed by atoms with Crippen LogP contribution in [0.3, 0.4) is 0 Å². The number of hydrogen-bond acceptors (Lipinski definition) is 6. The molecule has 1 aromatic carbocycles. The molecular weight excluding hydrogens is 284 g/mol. The summed E-state index contributed by atoms with van der Waals surface area (Å²) in [5.74, 6) is 0. The van der Waals surface area contributed by atoms with Crippen LogP contribution in [0.2, 0.25) is 0 Å². The van der Waals surface area contributed by atoms with Crippen molar-refractivity contribution in [2.45, 2.75) is 11.6 Å². The van der Waals surface area contributed by atoms with Gasteiger partial charge >= 0.3 is 15.8 Å². The van der Waals surface area contributed by atoms with E-state index >= 15 is 0 Å². The van der Waals surface area contributed by atoms with Gasteiger partial charge in [-0.1, -0.05) is 30.3 Å². The third-order valence-electron chi connectivity index (χ3n) is 2.41. The summed E-state index contributed by atoms with van der Waals surface area (Å²) in [5, 5.41) is 10.1. The van der Waals surface area contributed by atoms with E-state index in [2.05, 4.69) is 4.98 Å². The molecule has 0 unspecified atom stereocenters. The number of hydrogen-bond donors (Lipinski definition) is 0. The zero-order valence-corrected chi connectivity index (χ0v) is 11.0. The molecule has 8 heteroatoms. The molecule has 0 bridgehead atoms. The molecule has 1 heterocycles.